The fourth-order valence-corrected chi connectivity index (χ4v) is 7.66. The molecule has 0 N–H and O–H groups in total. The van der Waals surface area contributed by atoms with Gasteiger partial charge in [0.25, 0.3) is 0 Å². The van der Waals surface area contributed by atoms with Crippen LogP contribution in [0.5, 0.6) is 0 Å². The maximum Gasteiger partial charge on any atom is 0.243 e. The molecule has 5 nitrogen and oxygen atoms in total. The highest BCUT2D eigenvalue weighted by molar-refractivity contribution is 7.93. The third-order valence-corrected chi connectivity index (χ3v) is 9.94. The molecule has 1 aromatic carbocycles. The van der Waals surface area contributed by atoms with Crippen LogP contribution in [-0.2, 0) is 19.9 Å². The molecule has 0 aromatic heterocycles. The lowest BCUT2D eigenvalue weighted by molar-refractivity contribution is 0.306. The van der Waals surface area contributed by atoms with E-state index in [1.54, 1.807) is 13.0 Å². The average molecular weight is 392 g/mol. The van der Waals surface area contributed by atoms with E-state index in [0.717, 1.165) is 24.8 Å². The first-order valence-electron chi connectivity index (χ1n) is 8.22. The third-order valence-electron chi connectivity index (χ3n) is 5.08. The molecule has 1 aromatic rings. The number of sulfonamides is 1. The summed E-state index contributed by atoms with van der Waals surface area (Å²) in [6, 6.07) is 4.60. The molecule has 1 saturated carbocycles. The summed E-state index contributed by atoms with van der Waals surface area (Å²) >= 11 is 6.01. The van der Waals surface area contributed by atoms with Crippen LogP contribution >= 0.6 is 11.6 Å². The largest absolute Gasteiger partial charge is 0.243 e. The van der Waals surface area contributed by atoms with E-state index in [1.807, 2.05) is 0 Å². The number of sulfone groups is 1. The first kappa shape index (κ1) is 18.2. The van der Waals surface area contributed by atoms with E-state index < -0.39 is 25.1 Å². The molecule has 3 rings (SSSR count). The minimum absolute atomic E-state index is 0.0483. The van der Waals surface area contributed by atoms with Gasteiger partial charge in [-0.2, -0.15) is 4.31 Å². The van der Waals surface area contributed by atoms with Crippen LogP contribution in [0.1, 0.15) is 37.7 Å². The number of hydrogen-bond acceptors (Lipinski definition) is 4. The van der Waals surface area contributed by atoms with E-state index in [4.69, 9.17) is 11.6 Å². The molecular weight excluding hydrogens is 370 g/mol. The smallest absolute Gasteiger partial charge is 0.228 e. The minimum atomic E-state index is -3.68. The Morgan fingerprint density at radius 3 is 2.21 bits per heavy atom. The zero-order valence-corrected chi connectivity index (χ0v) is 16.0. The second-order valence-corrected chi connectivity index (χ2v) is 11.6. The van der Waals surface area contributed by atoms with Gasteiger partial charge in [0.2, 0.25) is 10.0 Å². The van der Waals surface area contributed by atoms with Gasteiger partial charge < -0.3 is 0 Å². The summed E-state index contributed by atoms with van der Waals surface area (Å²) in [6.07, 6.45) is 4.39. The van der Waals surface area contributed by atoms with Crippen molar-refractivity contribution >= 4 is 31.5 Å². The summed E-state index contributed by atoms with van der Waals surface area (Å²) < 4.78 is 51.7. The van der Waals surface area contributed by atoms with Crippen molar-refractivity contribution in [2.24, 2.45) is 0 Å². The van der Waals surface area contributed by atoms with Crippen LogP contribution in [-0.4, -0.2) is 44.7 Å². The number of aryl methyl sites for hydroxylation is 1. The predicted molar refractivity (Wildman–Crippen MR) is 94.5 cm³/mol. The second kappa shape index (κ2) is 6.59. The fraction of sp³-hybridized carbons (Fsp3) is 0.625. The Kier molecular flexibility index (Phi) is 4.99. The number of benzene rings is 1. The number of rotatable bonds is 4. The molecule has 1 heterocycles. The average Bonchev–Trinajstić information content (AvgIpc) is 2.48. The van der Waals surface area contributed by atoms with Gasteiger partial charge in [-0.1, -0.05) is 36.9 Å². The first-order valence-corrected chi connectivity index (χ1v) is 11.6. The Labute approximate surface area is 149 Å². The standard InChI is InChI=1S/C16H22ClNO4S2/c1-12-7-8-14(9-16(12)17)24(21,22)18-10-15(11-18)23(19,20)13-5-3-2-4-6-13/h7-9,13,15H,2-6,10-11H2,1H3. The van der Waals surface area contributed by atoms with Gasteiger partial charge in [0.05, 0.1) is 15.4 Å². The Bertz CT molecular complexity index is 824. The van der Waals surface area contributed by atoms with Gasteiger partial charge >= 0.3 is 0 Å². The molecule has 0 spiro atoms. The summed E-state index contributed by atoms with van der Waals surface area (Å²) in [4.78, 5) is 0.117. The fourth-order valence-electron chi connectivity index (χ4n) is 3.35. The van der Waals surface area contributed by atoms with Crippen molar-refractivity contribution in [3.63, 3.8) is 0 Å². The van der Waals surface area contributed by atoms with Gasteiger partial charge in [-0.25, -0.2) is 16.8 Å². The number of nitrogens with zero attached hydrogens (tertiary/aromatic N) is 1. The van der Waals surface area contributed by atoms with Gasteiger partial charge in [0, 0.05) is 18.1 Å². The summed E-state index contributed by atoms with van der Waals surface area (Å²) in [5.41, 5.74) is 0.803. The van der Waals surface area contributed by atoms with Crippen molar-refractivity contribution in [3.05, 3.63) is 28.8 Å². The summed E-state index contributed by atoms with van der Waals surface area (Å²) in [5.74, 6) is 0. The normalized spacial score (nSPS) is 21.6. The lowest BCUT2D eigenvalue weighted by Crippen LogP contribution is -2.58. The van der Waals surface area contributed by atoms with Gasteiger partial charge in [-0.15, -0.1) is 0 Å². The Morgan fingerprint density at radius 2 is 1.62 bits per heavy atom. The summed E-state index contributed by atoms with van der Waals surface area (Å²) in [7, 11) is -6.93. The topological polar surface area (TPSA) is 71.5 Å². The molecule has 134 valence electrons. The van der Waals surface area contributed by atoms with E-state index in [1.165, 1.54) is 16.4 Å². The van der Waals surface area contributed by atoms with Gasteiger partial charge in [-0.05, 0) is 37.5 Å². The van der Waals surface area contributed by atoms with E-state index in [9.17, 15) is 16.8 Å². The van der Waals surface area contributed by atoms with Crippen LogP contribution in [0.2, 0.25) is 5.02 Å². The molecule has 0 amide bonds. The molecule has 1 aliphatic heterocycles. The molecule has 24 heavy (non-hydrogen) atoms. The van der Waals surface area contributed by atoms with E-state index in [-0.39, 0.29) is 23.2 Å². The lowest BCUT2D eigenvalue weighted by Gasteiger charge is -2.39. The van der Waals surface area contributed by atoms with Crippen molar-refractivity contribution in [1.29, 1.82) is 0 Å². The predicted octanol–water partition coefficient (Wildman–Crippen LogP) is 2.77. The molecule has 0 unspecified atom stereocenters. The van der Waals surface area contributed by atoms with Crippen molar-refractivity contribution in [3.8, 4) is 0 Å². The lowest BCUT2D eigenvalue weighted by atomic mass is 10.0. The van der Waals surface area contributed by atoms with Crippen LogP contribution in [0.15, 0.2) is 23.1 Å². The van der Waals surface area contributed by atoms with Crippen LogP contribution in [0.4, 0.5) is 0 Å². The van der Waals surface area contributed by atoms with Gasteiger partial charge in [0.15, 0.2) is 9.84 Å². The molecule has 1 saturated heterocycles. The first-order chi connectivity index (χ1) is 11.2. The highest BCUT2D eigenvalue weighted by Gasteiger charge is 2.46. The van der Waals surface area contributed by atoms with E-state index in [0.29, 0.717) is 17.9 Å². The Hall–Kier alpha value is -0.630. The Balaban J connectivity index is 1.72. The molecule has 2 fully saturated rings. The molecule has 2 aliphatic rings. The maximum atomic E-state index is 12.6. The van der Waals surface area contributed by atoms with Crippen LogP contribution < -0.4 is 0 Å². The third kappa shape index (κ3) is 3.23. The second-order valence-electron chi connectivity index (χ2n) is 6.70. The van der Waals surface area contributed by atoms with E-state index in [2.05, 4.69) is 0 Å². The molecular formula is C16H22ClNO4S2. The highest BCUT2D eigenvalue weighted by Crippen LogP contribution is 2.32. The number of halogens is 1. The van der Waals surface area contributed by atoms with Crippen LogP contribution in [0, 0.1) is 6.92 Å². The number of hydrogen-bond donors (Lipinski definition) is 0. The van der Waals surface area contributed by atoms with Crippen molar-refractivity contribution in [2.75, 3.05) is 13.1 Å². The molecule has 0 atom stereocenters. The summed E-state index contributed by atoms with van der Waals surface area (Å²) in [6.45, 7) is 1.90. The van der Waals surface area contributed by atoms with Crippen LogP contribution in [0.25, 0.3) is 0 Å². The minimum Gasteiger partial charge on any atom is -0.228 e. The van der Waals surface area contributed by atoms with Crippen LogP contribution in [0.3, 0.4) is 0 Å². The monoisotopic (exact) mass is 391 g/mol. The van der Waals surface area contributed by atoms with Crippen molar-refractivity contribution in [1.82, 2.24) is 4.31 Å². The molecule has 0 radical (unpaired) electrons. The zero-order valence-electron chi connectivity index (χ0n) is 13.6. The molecule has 1 aliphatic carbocycles. The highest BCUT2D eigenvalue weighted by atomic mass is 35.5. The quantitative estimate of drug-likeness (QED) is 0.791. The van der Waals surface area contributed by atoms with Gasteiger partial charge in [0.1, 0.15) is 0 Å². The molecule has 0 bridgehead atoms. The van der Waals surface area contributed by atoms with E-state index >= 15 is 0 Å². The SMILES string of the molecule is Cc1ccc(S(=O)(=O)N2CC(S(=O)(=O)C3CCCCC3)C2)cc1Cl. The summed E-state index contributed by atoms with van der Waals surface area (Å²) in [5, 5.41) is -0.478. The Morgan fingerprint density at radius 1 is 1.00 bits per heavy atom. The maximum absolute atomic E-state index is 12.6. The van der Waals surface area contributed by atoms with Crippen molar-refractivity contribution < 1.29 is 16.8 Å². The van der Waals surface area contributed by atoms with Crippen molar-refractivity contribution in [2.45, 2.75) is 54.4 Å². The zero-order chi connectivity index (χ0) is 17.5. The molecule has 8 heteroatoms. The van der Waals surface area contributed by atoms with Gasteiger partial charge in [-0.3, -0.25) is 0 Å².